The van der Waals surface area contributed by atoms with E-state index in [1.165, 1.54) is 0 Å². The Morgan fingerprint density at radius 3 is 2.25 bits per heavy atom. The Hall–Kier alpha value is -1.75. The zero-order valence-electron chi connectivity index (χ0n) is 12.3. The molecular weight excluding hydrogens is 258 g/mol. The van der Waals surface area contributed by atoms with E-state index in [4.69, 9.17) is 15.2 Å². The quantitative estimate of drug-likeness (QED) is 0.763. The summed E-state index contributed by atoms with van der Waals surface area (Å²) < 4.78 is 10.6. The van der Waals surface area contributed by atoms with Gasteiger partial charge in [-0.15, -0.1) is 0 Å². The van der Waals surface area contributed by atoms with E-state index in [0.29, 0.717) is 18.8 Å². The van der Waals surface area contributed by atoms with E-state index in [9.17, 15) is 9.90 Å². The van der Waals surface area contributed by atoms with Crippen LogP contribution in [0.4, 0.5) is 0 Å². The van der Waals surface area contributed by atoms with Crippen molar-refractivity contribution in [3.63, 3.8) is 0 Å². The fourth-order valence-electron chi connectivity index (χ4n) is 2.09. The summed E-state index contributed by atoms with van der Waals surface area (Å²) in [4.78, 5) is 11.5. The second-order valence-corrected chi connectivity index (χ2v) is 5.09. The Balaban J connectivity index is 2.62. The van der Waals surface area contributed by atoms with Crippen LogP contribution in [0.15, 0.2) is 24.3 Å². The molecule has 5 heteroatoms. The van der Waals surface area contributed by atoms with Crippen LogP contribution in [0.1, 0.15) is 20.3 Å². The molecule has 0 aliphatic carbocycles. The molecule has 0 saturated carbocycles. The number of carbonyl (C=O) groups is 1. The van der Waals surface area contributed by atoms with Gasteiger partial charge in [0, 0.05) is 6.54 Å². The molecule has 1 aromatic carbocycles. The van der Waals surface area contributed by atoms with Crippen LogP contribution in [-0.2, 0) is 4.79 Å². The highest BCUT2D eigenvalue weighted by molar-refractivity contribution is 5.75. The maximum atomic E-state index is 11.5. The monoisotopic (exact) mass is 281 g/mol. The molecule has 0 fully saturated rings. The van der Waals surface area contributed by atoms with Gasteiger partial charge in [-0.3, -0.25) is 4.79 Å². The summed E-state index contributed by atoms with van der Waals surface area (Å²) in [7, 11) is 1.60. The lowest BCUT2D eigenvalue weighted by Gasteiger charge is -2.31. The molecule has 0 bridgehead atoms. The third-order valence-corrected chi connectivity index (χ3v) is 3.77. The number of carboxylic acids is 1. The molecule has 1 unspecified atom stereocenters. The Morgan fingerprint density at radius 2 is 1.85 bits per heavy atom. The highest BCUT2D eigenvalue weighted by Gasteiger charge is 2.40. The molecule has 0 aliphatic rings. The summed E-state index contributed by atoms with van der Waals surface area (Å²) in [6.45, 7) is 4.16. The summed E-state index contributed by atoms with van der Waals surface area (Å²) in [6, 6.07) is 7.18. The van der Waals surface area contributed by atoms with Gasteiger partial charge in [-0.25, -0.2) is 0 Å². The topological polar surface area (TPSA) is 81.8 Å². The van der Waals surface area contributed by atoms with Crippen molar-refractivity contribution in [2.24, 2.45) is 17.1 Å². The first kappa shape index (κ1) is 16.3. The molecule has 0 radical (unpaired) electrons. The Labute approximate surface area is 119 Å². The van der Waals surface area contributed by atoms with E-state index >= 15 is 0 Å². The number of ether oxygens (including phenoxy) is 2. The Morgan fingerprint density at radius 1 is 1.30 bits per heavy atom. The molecule has 1 rings (SSSR count). The zero-order chi connectivity index (χ0) is 15.2. The lowest BCUT2D eigenvalue weighted by atomic mass is 9.75. The summed E-state index contributed by atoms with van der Waals surface area (Å²) in [5.41, 5.74) is 4.74. The molecule has 0 spiro atoms. The summed E-state index contributed by atoms with van der Waals surface area (Å²) in [6.07, 6.45) is 0.378. The van der Waals surface area contributed by atoms with Crippen LogP contribution in [0.3, 0.4) is 0 Å². The van der Waals surface area contributed by atoms with Crippen LogP contribution >= 0.6 is 0 Å². The molecular formula is C15H23NO4. The summed E-state index contributed by atoms with van der Waals surface area (Å²) >= 11 is 0. The SMILES string of the molecule is COc1ccc(OCCC(CN)(C(=O)O)C(C)C)cc1. The van der Waals surface area contributed by atoms with Crippen molar-refractivity contribution in [3.8, 4) is 11.5 Å². The van der Waals surface area contributed by atoms with Crippen LogP contribution in [0.2, 0.25) is 0 Å². The standard InChI is InChI=1S/C15H23NO4/c1-11(2)15(10-16,14(17)18)8-9-20-13-6-4-12(19-3)5-7-13/h4-7,11H,8-10,16H2,1-3H3,(H,17,18). The van der Waals surface area contributed by atoms with Gasteiger partial charge in [0.15, 0.2) is 0 Å². The van der Waals surface area contributed by atoms with Gasteiger partial charge in [0.2, 0.25) is 0 Å². The van der Waals surface area contributed by atoms with E-state index < -0.39 is 11.4 Å². The van der Waals surface area contributed by atoms with Crippen molar-refractivity contribution >= 4 is 5.97 Å². The molecule has 1 aromatic rings. The number of methoxy groups -OCH3 is 1. The number of hydrogen-bond acceptors (Lipinski definition) is 4. The van der Waals surface area contributed by atoms with E-state index in [1.54, 1.807) is 31.4 Å². The van der Waals surface area contributed by atoms with Crippen molar-refractivity contribution in [3.05, 3.63) is 24.3 Å². The molecule has 3 N–H and O–H groups in total. The zero-order valence-corrected chi connectivity index (χ0v) is 12.3. The number of carboxylic acid groups (broad SMARTS) is 1. The second-order valence-electron chi connectivity index (χ2n) is 5.09. The third-order valence-electron chi connectivity index (χ3n) is 3.77. The molecule has 1 atom stereocenters. The third kappa shape index (κ3) is 3.63. The average molecular weight is 281 g/mol. The van der Waals surface area contributed by atoms with Gasteiger partial charge < -0.3 is 20.3 Å². The van der Waals surface area contributed by atoms with Crippen molar-refractivity contribution in [2.45, 2.75) is 20.3 Å². The number of rotatable bonds is 8. The minimum absolute atomic E-state index is 0.0514. The van der Waals surface area contributed by atoms with Crippen LogP contribution in [0, 0.1) is 11.3 Å². The fraction of sp³-hybridized carbons (Fsp3) is 0.533. The molecule has 5 nitrogen and oxygen atoms in total. The number of benzene rings is 1. The lowest BCUT2D eigenvalue weighted by Crippen LogP contribution is -2.44. The van der Waals surface area contributed by atoms with Crippen LogP contribution < -0.4 is 15.2 Å². The highest BCUT2D eigenvalue weighted by Crippen LogP contribution is 2.31. The largest absolute Gasteiger partial charge is 0.497 e. The number of nitrogens with two attached hydrogens (primary N) is 1. The molecule has 0 heterocycles. The molecule has 20 heavy (non-hydrogen) atoms. The summed E-state index contributed by atoms with van der Waals surface area (Å²) in [5.74, 6) is 0.519. The van der Waals surface area contributed by atoms with Gasteiger partial charge in [-0.1, -0.05) is 13.8 Å². The smallest absolute Gasteiger partial charge is 0.311 e. The van der Waals surface area contributed by atoms with Crippen molar-refractivity contribution in [2.75, 3.05) is 20.3 Å². The van der Waals surface area contributed by atoms with Gasteiger partial charge in [-0.2, -0.15) is 0 Å². The van der Waals surface area contributed by atoms with Gasteiger partial charge in [0.05, 0.1) is 19.1 Å². The normalized spacial score (nSPS) is 13.8. The number of aliphatic carboxylic acids is 1. The van der Waals surface area contributed by atoms with Gasteiger partial charge >= 0.3 is 5.97 Å². The van der Waals surface area contributed by atoms with Gasteiger partial charge in [0.1, 0.15) is 11.5 Å². The minimum Gasteiger partial charge on any atom is -0.497 e. The van der Waals surface area contributed by atoms with Crippen molar-refractivity contribution < 1.29 is 19.4 Å². The Bertz CT molecular complexity index is 430. The lowest BCUT2D eigenvalue weighted by molar-refractivity contribution is -0.152. The Kier molecular flexibility index (Phi) is 5.82. The maximum Gasteiger partial charge on any atom is 0.311 e. The first-order valence-corrected chi connectivity index (χ1v) is 6.66. The van der Waals surface area contributed by atoms with Crippen LogP contribution in [0.5, 0.6) is 11.5 Å². The van der Waals surface area contributed by atoms with E-state index in [2.05, 4.69) is 0 Å². The molecule has 0 aliphatic heterocycles. The van der Waals surface area contributed by atoms with Crippen molar-refractivity contribution in [1.29, 1.82) is 0 Å². The highest BCUT2D eigenvalue weighted by atomic mass is 16.5. The molecule has 112 valence electrons. The number of hydrogen-bond donors (Lipinski definition) is 2. The maximum absolute atomic E-state index is 11.5. The van der Waals surface area contributed by atoms with Crippen LogP contribution in [-0.4, -0.2) is 31.3 Å². The first-order chi connectivity index (χ1) is 9.46. The fourth-order valence-corrected chi connectivity index (χ4v) is 2.09. The molecule has 0 aromatic heterocycles. The van der Waals surface area contributed by atoms with E-state index in [0.717, 1.165) is 5.75 Å². The van der Waals surface area contributed by atoms with Gasteiger partial charge in [0.25, 0.3) is 0 Å². The summed E-state index contributed by atoms with van der Waals surface area (Å²) in [5, 5.41) is 9.41. The van der Waals surface area contributed by atoms with Crippen LogP contribution in [0.25, 0.3) is 0 Å². The van der Waals surface area contributed by atoms with Gasteiger partial charge in [-0.05, 0) is 36.6 Å². The van der Waals surface area contributed by atoms with E-state index in [-0.39, 0.29) is 12.5 Å². The average Bonchev–Trinajstić information content (AvgIpc) is 2.43. The first-order valence-electron chi connectivity index (χ1n) is 6.66. The molecule has 0 amide bonds. The van der Waals surface area contributed by atoms with E-state index in [1.807, 2.05) is 13.8 Å². The molecule has 0 saturated heterocycles. The minimum atomic E-state index is -0.938. The predicted octanol–water partition coefficient (Wildman–Crippen LogP) is 2.15. The van der Waals surface area contributed by atoms with Crippen molar-refractivity contribution in [1.82, 2.24) is 0 Å². The predicted molar refractivity (Wildman–Crippen MR) is 77.1 cm³/mol. The second kappa shape index (κ2) is 7.14.